The van der Waals surface area contributed by atoms with Gasteiger partial charge in [-0.3, -0.25) is 4.79 Å². The molecule has 0 amide bonds. The monoisotopic (exact) mass is 290 g/mol. The summed E-state index contributed by atoms with van der Waals surface area (Å²) in [7, 11) is 0. The number of carbonyl (C=O) groups is 1. The van der Waals surface area contributed by atoms with Crippen LogP contribution in [-0.4, -0.2) is 12.8 Å². The van der Waals surface area contributed by atoms with Crippen molar-refractivity contribution in [2.75, 3.05) is 6.79 Å². The van der Waals surface area contributed by atoms with E-state index in [1.54, 1.807) is 42.5 Å². The number of halogens is 1. The molecular weight excluding hydrogens is 280 g/mol. The predicted molar refractivity (Wildman–Crippen MR) is 73.4 cm³/mol. The summed E-state index contributed by atoms with van der Waals surface area (Å²) in [5.74, 6) is 1.34. The van der Waals surface area contributed by atoms with Crippen molar-refractivity contribution < 1.29 is 19.0 Å². The first kappa shape index (κ1) is 12.8. The van der Waals surface area contributed by atoms with Gasteiger partial charge in [0.2, 0.25) is 6.79 Å². The van der Waals surface area contributed by atoms with Crippen molar-refractivity contribution >= 4 is 17.6 Å². The second kappa shape index (κ2) is 5.43. The summed E-state index contributed by atoms with van der Waals surface area (Å²) < 4.78 is 15.7. The largest absolute Gasteiger partial charge is 0.454 e. The Balaban J connectivity index is 1.65. The Kier molecular flexibility index (Phi) is 3.48. The summed E-state index contributed by atoms with van der Waals surface area (Å²) in [5, 5.41) is 0.637. The fourth-order valence-electron chi connectivity index (χ4n) is 1.88. The van der Waals surface area contributed by atoms with Gasteiger partial charge in [-0.1, -0.05) is 23.7 Å². The van der Waals surface area contributed by atoms with Gasteiger partial charge in [-0.05, 0) is 29.8 Å². The topological polar surface area (TPSA) is 44.8 Å². The van der Waals surface area contributed by atoms with Gasteiger partial charge in [0.1, 0.15) is 5.75 Å². The van der Waals surface area contributed by atoms with Gasteiger partial charge in [-0.2, -0.15) is 0 Å². The summed E-state index contributed by atoms with van der Waals surface area (Å²) in [6.07, 6.45) is 0.186. The third-order valence-electron chi connectivity index (χ3n) is 2.84. The predicted octanol–water partition coefficient (Wildman–Crippen LogP) is 3.22. The number of fused-ring (bicyclic) bond motifs is 1. The first-order valence-corrected chi connectivity index (χ1v) is 6.43. The number of ether oxygens (including phenoxy) is 3. The van der Waals surface area contributed by atoms with Gasteiger partial charge >= 0.3 is 5.97 Å². The number of hydrogen-bond acceptors (Lipinski definition) is 4. The zero-order valence-electron chi connectivity index (χ0n) is 10.5. The van der Waals surface area contributed by atoms with Crippen molar-refractivity contribution in [3.63, 3.8) is 0 Å². The van der Waals surface area contributed by atoms with Crippen LogP contribution in [0.5, 0.6) is 17.2 Å². The Morgan fingerprint density at radius 3 is 2.65 bits per heavy atom. The molecule has 102 valence electrons. The van der Waals surface area contributed by atoms with Gasteiger partial charge in [0.05, 0.1) is 6.42 Å². The van der Waals surface area contributed by atoms with Crippen molar-refractivity contribution in [1.82, 2.24) is 0 Å². The minimum atomic E-state index is -0.341. The van der Waals surface area contributed by atoms with Crippen LogP contribution in [0.15, 0.2) is 42.5 Å². The Hall–Kier alpha value is -2.20. The maximum Gasteiger partial charge on any atom is 0.315 e. The summed E-state index contributed by atoms with van der Waals surface area (Å²) in [6.45, 7) is 0.192. The molecule has 0 bridgehead atoms. The first-order valence-electron chi connectivity index (χ1n) is 6.05. The van der Waals surface area contributed by atoms with E-state index in [2.05, 4.69) is 0 Å². The molecule has 0 aliphatic carbocycles. The fourth-order valence-corrected chi connectivity index (χ4v) is 2.00. The molecule has 0 atom stereocenters. The minimum absolute atomic E-state index is 0.186. The Bertz CT molecular complexity index is 637. The number of rotatable bonds is 3. The first-order chi connectivity index (χ1) is 9.70. The van der Waals surface area contributed by atoms with E-state index in [4.69, 9.17) is 25.8 Å². The average molecular weight is 291 g/mol. The van der Waals surface area contributed by atoms with Gasteiger partial charge in [-0.15, -0.1) is 0 Å². The smallest absolute Gasteiger partial charge is 0.315 e. The molecule has 0 unspecified atom stereocenters. The molecular formula is C15H11ClO4. The van der Waals surface area contributed by atoms with Crippen LogP contribution in [0.2, 0.25) is 5.02 Å². The maximum atomic E-state index is 11.8. The highest BCUT2D eigenvalue weighted by atomic mass is 35.5. The number of hydrogen-bond donors (Lipinski definition) is 0. The molecule has 2 aromatic carbocycles. The summed E-state index contributed by atoms with van der Waals surface area (Å²) in [6, 6.07) is 12.1. The van der Waals surface area contributed by atoms with E-state index in [1.165, 1.54) is 0 Å². The van der Waals surface area contributed by atoms with E-state index < -0.39 is 0 Å². The quantitative estimate of drug-likeness (QED) is 0.643. The lowest BCUT2D eigenvalue weighted by Gasteiger charge is -2.05. The minimum Gasteiger partial charge on any atom is -0.454 e. The molecule has 0 fully saturated rings. The SMILES string of the molecule is O=C(Cc1ccc(Cl)cc1)Oc1ccc2c(c1)OCO2. The molecule has 0 aromatic heterocycles. The molecule has 3 rings (SSSR count). The molecule has 1 aliphatic rings. The van der Waals surface area contributed by atoms with Crippen LogP contribution in [0.1, 0.15) is 5.56 Å². The molecule has 0 spiro atoms. The van der Waals surface area contributed by atoms with Gasteiger partial charge in [0.25, 0.3) is 0 Å². The molecule has 20 heavy (non-hydrogen) atoms. The molecule has 2 aromatic rings. The molecule has 0 N–H and O–H groups in total. The number of benzene rings is 2. The summed E-state index contributed by atoms with van der Waals surface area (Å²) in [4.78, 5) is 11.8. The second-order valence-electron chi connectivity index (χ2n) is 4.29. The average Bonchev–Trinajstić information content (AvgIpc) is 2.89. The van der Waals surface area contributed by atoms with Crippen LogP contribution in [0.4, 0.5) is 0 Å². The van der Waals surface area contributed by atoms with Crippen LogP contribution in [-0.2, 0) is 11.2 Å². The molecule has 4 nitrogen and oxygen atoms in total. The third-order valence-corrected chi connectivity index (χ3v) is 3.09. The van der Waals surface area contributed by atoms with Crippen LogP contribution in [0, 0.1) is 0 Å². The lowest BCUT2D eigenvalue weighted by atomic mass is 10.1. The Morgan fingerprint density at radius 1 is 1.10 bits per heavy atom. The van der Waals surface area contributed by atoms with Crippen LogP contribution in [0.25, 0.3) is 0 Å². The highest BCUT2D eigenvalue weighted by molar-refractivity contribution is 6.30. The van der Waals surface area contributed by atoms with Crippen molar-refractivity contribution in [2.45, 2.75) is 6.42 Å². The molecule has 1 aliphatic heterocycles. The highest BCUT2D eigenvalue weighted by Crippen LogP contribution is 2.35. The summed E-state index contributed by atoms with van der Waals surface area (Å²) >= 11 is 5.79. The summed E-state index contributed by atoms with van der Waals surface area (Å²) in [5.41, 5.74) is 0.847. The van der Waals surface area contributed by atoms with E-state index in [1.807, 2.05) is 0 Å². The van der Waals surface area contributed by atoms with Crippen molar-refractivity contribution in [3.8, 4) is 17.2 Å². The van der Waals surface area contributed by atoms with E-state index in [-0.39, 0.29) is 19.2 Å². The van der Waals surface area contributed by atoms with Crippen LogP contribution >= 0.6 is 11.6 Å². The van der Waals surface area contributed by atoms with E-state index >= 15 is 0 Å². The van der Waals surface area contributed by atoms with Crippen molar-refractivity contribution in [2.24, 2.45) is 0 Å². The lowest BCUT2D eigenvalue weighted by Crippen LogP contribution is -2.11. The van der Waals surface area contributed by atoms with Crippen LogP contribution in [0.3, 0.4) is 0 Å². The normalized spacial score (nSPS) is 12.2. The van der Waals surface area contributed by atoms with Gasteiger partial charge in [-0.25, -0.2) is 0 Å². The van der Waals surface area contributed by atoms with Gasteiger partial charge in [0.15, 0.2) is 11.5 Å². The zero-order chi connectivity index (χ0) is 13.9. The fraction of sp³-hybridized carbons (Fsp3) is 0.133. The molecule has 1 heterocycles. The standard InChI is InChI=1S/C15H11ClO4/c16-11-3-1-10(2-4-11)7-15(17)20-12-5-6-13-14(8-12)19-9-18-13/h1-6,8H,7,9H2. The van der Waals surface area contributed by atoms with Crippen LogP contribution < -0.4 is 14.2 Å². The van der Waals surface area contributed by atoms with Gasteiger partial charge < -0.3 is 14.2 Å². The zero-order valence-corrected chi connectivity index (χ0v) is 11.2. The van der Waals surface area contributed by atoms with Crippen molar-refractivity contribution in [3.05, 3.63) is 53.1 Å². The van der Waals surface area contributed by atoms with E-state index in [0.717, 1.165) is 5.56 Å². The third kappa shape index (κ3) is 2.86. The van der Waals surface area contributed by atoms with Gasteiger partial charge in [0, 0.05) is 11.1 Å². The van der Waals surface area contributed by atoms with E-state index in [9.17, 15) is 4.79 Å². The Labute approximate surface area is 120 Å². The van der Waals surface area contributed by atoms with Crippen molar-refractivity contribution in [1.29, 1.82) is 0 Å². The Morgan fingerprint density at radius 2 is 1.85 bits per heavy atom. The lowest BCUT2D eigenvalue weighted by molar-refractivity contribution is -0.133. The number of carbonyl (C=O) groups excluding carboxylic acids is 1. The molecule has 0 saturated carbocycles. The van der Waals surface area contributed by atoms with E-state index in [0.29, 0.717) is 22.3 Å². The maximum absolute atomic E-state index is 11.8. The molecule has 0 saturated heterocycles. The highest BCUT2D eigenvalue weighted by Gasteiger charge is 2.15. The second-order valence-corrected chi connectivity index (χ2v) is 4.73. The molecule has 5 heteroatoms. The molecule has 0 radical (unpaired) electrons. The number of esters is 1.